The van der Waals surface area contributed by atoms with Gasteiger partial charge < -0.3 is 5.11 Å². The van der Waals surface area contributed by atoms with E-state index in [-0.39, 0.29) is 6.10 Å². The van der Waals surface area contributed by atoms with Crippen molar-refractivity contribution in [1.29, 1.82) is 0 Å². The van der Waals surface area contributed by atoms with Crippen LogP contribution in [0, 0.1) is 5.92 Å². The molecule has 0 amide bonds. The first-order valence-corrected chi connectivity index (χ1v) is 4.79. The third kappa shape index (κ3) is 2.04. The van der Waals surface area contributed by atoms with Crippen molar-refractivity contribution in [3.8, 4) is 0 Å². The Labute approximate surface area is 77.8 Å². The van der Waals surface area contributed by atoms with Crippen molar-refractivity contribution in [3.63, 3.8) is 0 Å². The second-order valence-corrected chi connectivity index (χ2v) is 3.72. The van der Waals surface area contributed by atoms with E-state index < -0.39 is 0 Å². The number of rotatable bonds is 3. The van der Waals surface area contributed by atoms with E-state index in [1.54, 1.807) is 12.4 Å². The van der Waals surface area contributed by atoms with Crippen molar-refractivity contribution in [2.75, 3.05) is 0 Å². The lowest BCUT2D eigenvalue weighted by Gasteiger charge is -2.27. The Morgan fingerprint density at radius 3 is 2.62 bits per heavy atom. The zero-order valence-electron chi connectivity index (χ0n) is 7.56. The summed E-state index contributed by atoms with van der Waals surface area (Å²) in [5.41, 5.74) is 0.842. The van der Waals surface area contributed by atoms with E-state index in [1.807, 2.05) is 0 Å². The lowest BCUT2D eigenvalue weighted by Crippen LogP contribution is -2.15. The minimum atomic E-state index is -0.369. The topological polar surface area (TPSA) is 46.0 Å². The van der Waals surface area contributed by atoms with E-state index in [2.05, 4.69) is 9.97 Å². The van der Waals surface area contributed by atoms with Gasteiger partial charge in [-0.15, -0.1) is 0 Å². The molecule has 1 heterocycles. The van der Waals surface area contributed by atoms with Crippen LogP contribution < -0.4 is 0 Å². The third-order valence-corrected chi connectivity index (χ3v) is 2.75. The van der Waals surface area contributed by atoms with Gasteiger partial charge in [0, 0.05) is 18.0 Å². The van der Waals surface area contributed by atoms with E-state index in [4.69, 9.17) is 0 Å². The molecular weight excluding hydrogens is 164 g/mol. The van der Waals surface area contributed by atoms with Crippen molar-refractivity contribution in [1.82, 2.24) is 9.97 Å². The summed E-state index contributed by atoms with van der Waals surface area (Å²) in [6.45, 7) is 0. The monoisotopic (exact) mass is 178 g/mol. The van der Waals surface area contributed by atoms with Crippen LogP contribution in [-0.2, 0) is 0 Å². The smallest absolute Gasteiger partial charge is 0.115 e. The number of hydrogen-bond acceptors (Lipinski definition) is 3. The largest absolute Gasteiger partial charge is 0.388 e. The lowest BCUT2D eigenvalue weighted by molar-refractivity contribution is 0.118. The molecule has 0 bridgehead atoms. The molecule has 3 nitrogen and oxygen atoms in total. The highest BCUT2D eigenvalue weighted by molar-refractivity contribution is 5.06. The molecule has 13 heavy (non-hydrogen) atoms. The van der Waals surface area contributed by atoms with Gasteiger partial charge in [0.25, 0.3) is 0 Å². The summed E-state index contributed by atoms with van der Waals surface area (Å²) in [6.07, 6.45) is 9.23. The number of aliphatic hydroxyl groups excluding tert-OH is 1. The number of nitrogens with zero attached hydrogens (tertiary/aromatic N) is 2. The summed E-state index contributed by atoms with van der Waals surface area (Å²) in [5, 5.41) is 9.78. The minimum absolute atomic E-state index is 0.369. The molecule has 1 aromatic heterocycles. The van der Waals surface area contributed by atoms with Crippen LogP contribution in [0.4, 0.5) is 0 Å². The molecule has 0 saturated heterocycles. The highest BCUT2D eigenvalue weighted by Gasteiger charge is 2.21. The van der Waals surface area contributed by atoms with Crippen molar-refractivity contribution >= 4 is 0 Å². The van der Waals surface area contributed by atoms with Crippen LogP contribution in [0.2, 0.25) is 0 Å². The summed E-state index contributed by atoms with van der Waals surface area (Å²) in [7, 11) is 0. The summed E-state index contributed by atoms with van der Waals surface area (Å²) >= 11 is 0. The molecule has 70 valence electrons. The lowest BCUT2D eigenvalue weighted by atomic mass is 9.81. The normalized spacial score (nSPS) is 19.5. The first-order valence-electron chi connectivity index (χ1n) is 4.79. The van der Waals surface area contributed by atoms with E-state index in [0.29, 0.717) is 0 Å². The average molecular weight is 178 g/mol. The van der Waals surface area contributed by atoms with Gasteiger partial charge in [0.1, 0.15) is 6.33 Å². The third-order valence-electron chi connectivity index (χ3n) is 2.75. The molecule has 1 saturated carbocycles. The number of aromatic nitrogens is 2. The standard InChI is InChI=1S/C10H14N2O/c13-10(4-8-2-1-3-8)9-5-11-7-12-6-9/h5-8,10,13H,1-4H2. The first kappa shape index (κ1) is 8.63. The summed E-state index contributed by atoms with van der Waals surface area (Å²) in [6, 6.07) is 0. The van der Waals surface area contributed by atoms with Gasteiger partial charge in [0.05, 0.1) is 6.10 Å². The van der Waals surface area contributed by atoms with E-state index in [9.17, 15) is 5.11 Å². The fourth-order valence-corrected chi connectivity index (χ4v) is 1.66. The van der Waals surface area contributed by atoms with Crippen molar-refractivity contribution in [2.24, 2.45) is 5.92 Å². The second-order valence-electron chi connectivity index (χ2n) is 3.72. The molecule has 1 aliphatic carbocycles. The SMILES string of the molecule is OC(CC1CCC1)c1cncnc1. The Bertz CT molecular complexity index is 259. The van der Waals surface area contributed by atoms with Gasteiger partial charge in [-0.1, -0.05) is 19.3 Å². The molecular formula is C10H14N2O. The van der Waals surface area contributed by atoms with Crippen LogP contribution >= 0.6 is 0 Å². The number of aliphatic hydroxyl groups is 1. The maximum Gasteiger partial charge on any atom is 0.115 e. The highest BCUT2D eigenvalue weighted by atomic mass is 16.3. The molecule has 0 spiro atoms. The van der Waals surface area contributed by atoms with E-state index >= 15 is 0 Å². The fourth-order valence-electron chi connectivity index (χ4n) is 1.66. The predicted octanol–water partition coefficient (Wildman–Crippen LogP) is 1.70. The molecule has 1 unspecified atom stereocenters. The molecule has 1 aliphatic rings. The Morgan fingerprint density at radius 1 is 1.38 bits per heavy atom. The van der Waals surface area contributed by atoms with Crippen LogP contribution in [-0.4, -0.2) is 15.1 Å². The van der Waals surface area contributed by atoms with Gasteiger partial charge in [-0.25, -0.2) is 9.97 Å². The van der Waals surface area contributed by atoms with Gasteiger partial charge in [-0.3, -0.25) is 0 Å². The highest BCUT2D eigenvalue weighted by Crippen LogP contribution is 2.34. The van der Waals surface area contributed by atoms with E-state index in [0.717, 1.165) is 17.9 Å². The van der Waals surface area contributed by atoms with Crippen molar-refractivity contribution in [3.05, 3.63) is 24.3 Å². The molecule has 1 aromatic rings. The van der Waals surface area contributed by atoms with Gasteiger partial charge >= 0.3 is 0 Å². The van der Waals surface area contributed by atoms with Crippen LogP contribution in [0.3, 0.4) is 0 Å². The summed E-state index contributed by atoms with van der Waals surface area (Å²) < 4.78 is 0. The molecule has 0 aliphatic heterocycles. The summed E-state index contributed by atoms with van der Waals surface area (Å²) in [5.74, 6) is 0.718. The van der Waals surface area contributed by atoms with Gasteiger partial charge in [-0.2, -0.15) is 0 Å². The second kappa shape index (κ2) is 3.83. The van der Waals surface area contributed by atoms with Crippen LogP contribution in [0.1, 0.15) is 37.4 Å². The maximum atomic E-state index is 9.78. The van der Waals surface area contributed by atoms with E-state index in [1.165, 1.54) is 25.6 Å². The molecule has 0 radical (unpaired) electrons. The van der Waals surface area contributed by atoms with Gasteiger partial charge in [-0.05, 0) is 12.3 Å². The molecule has 1 N–H and O–H groups in total. The Morgan fingerprint density at radius 2 is 2.08 bits per heavy atom. The van der Waals surface area contributed by atoms with Crippen LogP contribution in [0.15, 0.2) is 18.7 Å². The zero-order chi connectivity index (χ0) is 9.10. The fraction of sp³-hybridized carbons (Fsp3) is 0.600. The Hall–Kier alpha value is -0.960. The Balaban J connectivity index is 1.92. The molecule has 3 heteroatoms. The minimum Gasteiger partial charge on any atom is -0.388 e. The van der Waals surface area contributed by atoms with Crippen molar-refractivity contribution < 1.29 is 5.11 Å². The first-order chi connectivity index (χ1) is 6.36. The van der Waals surface area contributed by atoms with Crippen molar-refractivity contribution in [2.45, 2.75) is 31.8 Å². The van der Waals surface area contributed by atoms with Gasteiger partial charge in [0.2, 0.25) is 0 Å². The molecule has 1 atom stereocenters. The predicted molar refractivity (Wildman–Crippen MR) is 48.9 cm³/mol. The maximum absolute atomic E-state index is 9.78. The van der Waals surface area contributed by atoms with Crippen LogP contribution in [0.5, 0.6) is 0 Å². The van der Waals surface area contributed by atoms with Gasteiger partial charge in [0.15, 0.2) is 0 Å². The summed E-state index contributed by atoms with van der Waals surface area (Å²) in [4.78, 5) is 7.77. The number of hydrogen-bond donors (Lipinski definition) is 1. The van der Waals surface area contributed by atoms with Crippen LogP contribution in [0.25, 0.3) is 0 Å². The molecule has 0 aromatic carbocycles. The zero-order valence-corrected chi connectivity index (χ0v) is 7.56. The average Bonchev–Trinajstić information content (AvgIpc) is 2.12. The molecule has 2 rings (SSSR count). The quantitative estimate of drug-likeness (QED) is 0.766. The Kier molecular flexibility index (Phi) is 2.54. The molecule has 1 fully saturated rings.